The minimum absolute atomic E-state index is 0.0753. The maximum Gasteiger partial charge on any atom is 0.224 e. The Balaban J connectivity index is 1.43. The van der Waals surface area contributed by atoms with Crippen LogP contribution in [0.2, 0.25) is 0 Å². The maximum absolute atomic E-state index is 12.9. The van der Waals surface area contributed by atoms with Gasteiger partial charge in [0.15, 0.2) is 0 Å². The molecular formula is C18H22FNO. The van der Waals surface area contributed by atoms with Crippen LogP contribution in [-0.4, -0.2) is 11.4 Å². The Labute approximate surface area is 125 Å². The molecule has 0 aromatic heterocycles. The summed E-state index contributed by atoms with van der Waals surface area (Å²) in [7, 11) is 0. The van der Waals surface area contributed by atoms with E-state index in [0.717, 1.165) is 23.3 Å². The minimum Gasteiger partial charge on any atom is -0.350 e. The van der Waals surface area contributed by atoms with Gasteiger partial charge in [-0.3, -0.25) is 4.79 Å². The van der Waals surface area contributed by atoms with E-state index in [1.54, 1.807) is 12.1 Å². The lowest BCUT2D eigenvalue weighted by Crippen LogP contribution is -2.60. The highest BCUT2D eigenvalue weighted by Crippen LogP contribution is 2.55. The van der Waals surface area contributed by atoms with Gasteiger partial charge in [-0.1, -0.05) is 12.1 Å². The largest absolute Gasteiger partial charge is 0.350 e. The van der Waals surface area contributed by atoms with Crippen molar-refractivity contribution in [2.75, 3.05) is 0 Å². The quantitative estimate of drug-likeness (QED) is 0.906. The van der Waals surface area contributed by atoms with E-state index in [9.17, 15) is 9.18 Å². The van der Waals surface area contributed by atoms with E-state index >= 15 is 0 Å². The summed E-state index contributed by atoms with van der Waals surface area (Å²) < 4.78 is 12.9. The number of carbonyl (C=O) groups excluding carboxylic acids is 1. The fraction of sp³-hybridized carbons (Fsp3) is 0.611. The van der Waals surface area contributed by atoms with Gasteiger partial charge >= 0.3 is 0 Å². The third-order valence-electron chi connectivity index (χ3n) is 5.72. The Bertz CT molecular complexity index is 516. The van der Waals surface area contributed by atoms with Crippen molar-refractivity contribution in [3.63, 3.8) is 0 Å². The van der Waals surface area contributed by atoms with E-state index in [1.165, 1.54) is 50.7 Å². The molecule has 4 aliphatic carbocycles. The summed E-state index contributed by atoms with van der Waals surface area (Å²) >= 11 is 0. The van der Waals surface area contributed by atoms with Gasteiger partial charge in [0, 0.05) is 5.54 Å². The lowest BCUT2D eigenvalue weighted by atomic mass is 9.53. The number of carbonyl (C=O) groups is 1. The van der Waals surface area contributed by atoms with Gasteiger partial charge in [-0.05, 0) is 74.0 Å². The van der Waals surface area contributed by atoms with Crippen LogP contribution < -0.4 is 5.32 Å². The molecule has 3 heteroatoms. The first-order chi connectivity index (χ1) is 10.1. The molecule has 0 heterocycles. The molecular weight excluding hydrogens is 265 g/mol. The molecule has 4 aliphatic rings. The lowest BCUT2D eigenvalue weighted by Gasteiger charge is -2.56. The zero-order chi connectivity index (χ0) is 14.4. The zero-order valence-corrected chi connectivity index (χ0v) is 12.3. The molecule has 21 heavy (non-hydrogen) atoms. The van der Waals surface area contributed by atoms with E-state index in [1.807, 2.05) is 0 Å². The summed E-state index contributed by atoms with van der Waals surface area (Å²) in [6, 6.07) is 6.25. The van der Waals surface area contributed by atoms with Gasteiger partial charge in [-0.2, -0.15) is 0 Å². The van der Waals surface area contributed by atoms with Crippen LogP contribution in [0.4, 0.5) is 4.39 Å². The highest BCUT2D eigenvalue weighted by atomic mass is 19.1. The summed E-state index contributed by atoms with van der Waals surface area (Å²) in [6.07, 6.45) is 8.03. The van der Waals surface area contributed by atoms with Crippen LogP contribution in [0.5, 0.6) is 0 Å². The molecule has 1 aromatic carbocycles. The van der Waals surface area contributed by atoms with E-state index in [2.05, 4.69) is 5.32 Å². The van der Waals surface area contributed by atoms with Crippen LogP contribution >= 0.6 is 0 Å². The van der Waals surface area contributed by atoms with E-state index in [4.69, 9.17) is 0 Å². The van der Waals surface area contributed by atoms with Crippen LogP contribution in [-0.2, 0) is 11.2 Å². The number of hydrogen-bond donors (Lipinski definition) is 1. The first kappa shape index (κ1) is 13.3. The van der Waals surface area contributed by atoms with Crippen LogP contribution in [0.15, 0.2) is 24.3 Å². The van der Waals surface area contributed by atoms with Gasteiger partial charge in [0.25, 0.3) is 0 Å². The summed E-state index contributed by atoms with van der Waals surface area (Å²) in [4.78, 5) is 12.4. The molecule has 0 saturated heterocycles. The molecule has 0 atom stereocenters. The molecule has 0 aliphatic heterocycles. The number of nitrogens with one attached hydrogen (secondary N) is 1. The van der Waals surface area contributed by atoms with Gasteiger partial charge in [-0.15, -0.1) is 0 Å². The predicted octanol–water partition coefficient (Wildman–Crippen LogP) is 3.45. The van der Waals surface area contributed by atoms with Crippen LogP contribution in [0, 0.1) is 23.6 Å². The summed E-state index contributed by atoms with van der Waals surface area (Å²) in [5.41, 5.74) is 0.963. The smallest absolute Gasteiger partial charge is 0.224 e. The van der Waals surface area contributed by atoms with Gasteiger partial charge in [-0.25, -0.2) is 4.39 Å². The second-order valence-electron chi connectivity index (χ2n) is 7.55. The summed E-state index contributed by atoms with van der Waals surface area (Å²) in [5, 5.41) is 3.35. The molecule has 0 spiro atoms. The van der Waals surface area contributed by atoms with Gasteiger partial charge in [0.05, 0.1) is 6.42 Å². The highest BCUT2D eigenvalue weighted by molar-refractivity contribution is 5.79. The standard InChI is InChI=1S/C18H22FNO/c19-16-3-1-12(2-4-16)8-17(21)20-18-9-13-5-14(10-18)7-15(6-13)11-18/h1-4,13-15H,5-11H2,(H,20,21). The average Bonchev–Trinajstić information content (AvgIpc) is 2.39. The molecule has 112 valence electrons. The monoisotopic (exact) mass is 287 g/mol. The molecule has 5 rings (SSSR count). The molecule has 2 nitrogen and oxygen atoms in total. The van der Waals surface area contributed by atoms with Crippen molar-refractivity contribution in [2.24, 2.45) is 17.8 Å². The number of halogens is 1. The molecule has 0 radical (unpaired) electrons. The molecule has 1 amide bonds. The molecule has 4 fully saturated rings. The van der Waals surface area contributed by atoms with Crippen molar-refractivity contribution >= 4 is 5.91 Å². The predicted molar refractivity (Wildman–Crippen MR) is 79.1 cm³/mol. The van der Waals surface area contributed by atoms with Crippen molar-refractivity contribution in [3.05, 3.63) is 35.6 Å². The molecule has 0 unspecified atom stereocenters. The SMILES string of the molecule is O=C(Cc1ccc(F)cc1)NC12CC3CC(CC(C3)C1)C2. The van der Waals surface area contributed by atoms with E-state index in [-0.39, 0.29) is 17.3 Å². The van der Waals surface area contributed by atoms with Crippen molar-refractivity contribution in [1.29, 1.82) is 0 Å². The first-order valence-corrected chi connectivity index (χ1v) is 8.16. The van der Waals surface area contributed by atoms with Crippen molar-refractivity contribution < 1.29 is 9.18 Å². The Morgan fingerprint density at radius 2 is 1.57 bits per heavy atom. The Kier molecular flexibility index (Phi) is 3.05. The second kappa shape index (κ2) is 4.82. The number of benzene rings is 1. The Morgan fingerprint density at radius 3 is 2.10 bits per heavy atom. The van der Waals surface area contributed by atoms with Crippen molar-refractivity contribution in [3.8, 4) is 0 Å². The normalized spacial score (nSPS) is 36.7. The van der Waals surface area contributed by atoms with E-state index < -0.39 is 0 Å². The van der Waals surface area contributed by atoms with Crippen LogP contribution in [0.1, 0.15) is 44.1 Å². The van der Waals surface area contributed by atoms with Gasteiger partial charge in [0.2, 0.25) is 5.91 Å². The van der Waals surface area contributed by atoms with Crippen molar-refractivity contribution in [2.45, 2.75) is 50.5 Å². The first-order valence-electron chi connectivity index (χ1n) is 8.16. The number of rotatable bonds is 3. The van der Waals surface area contributed by atoms with Gasteiger partial charge in [0.1, 0.15) is 5.82 Å². The third-order valence-corrected chi connectivity index (χ3v) is 5.72. The summed E-state index contributed by atoms with van der Waals surface area (Å²) in [5.74, 6) is 2.36. The summed E-state index contributed by atoms with van der Waals surface area (Å²) in [6.45, 7) is 0. The Morgan fingerprint density at radius 1 is 1.05 bits per heavy atom. The van der Waals surface area contributed by atoms with E-state index in [0.29, 0.717) is 6.42 Å². The topological polar surface area (TPSA) is 29.1 Å². The molecule has 4 bridgehead atoms. The van der Waals surface area contributed by atoms with Gasteiger partial charge < -0.3 is 5.32 Å². The molecule has 1 N–H and O–H groups in total. The molecule has 1 aromatic rings. The fourth-order valence-corrected chi connectivity index (χ4v) is 5.39. The zero-order valence-electron chi connectivity index (χ0n) is 12.3. The second-order valence-corrected chi connectivity index (χ2v) is 7.55. The number of hydrogen-bond acceptors (Lipinski definition) is 1. The highest BCUT2D eigenvalue weighted by Gasteiger charge is 2.51. The third kappa shape index (κ3) is 2.58. The van der Waals surface area contributed by atoms with Crippen LogP contribution in [0.25, 0.3) is 0 Å². The number of amides is 1. The molecule has 4 saturated carbocycles. The maximum atomic E-state index is 12.9. The van der Waals surface area contributed by atoms with Crippen molar-refractivity contribution in [1.82, 2.24) is 5.32 Å². The Hall–Kier alpha value is -1.38. The lowest BCUT2D eigenvalue weighted by molar-refractivity contribution is -0.126. The van der Waals surface area contributed by atoms with Crippen LogP contribution in [0.3, 0.4) is 0 Å². The average molecular weight is 287 g/mol. The minimum atomic E-state index is -0.250. The fourth-order valence-electron chi connectivity index (χ4n) is 5.39.